The molecule has 2 aromatic carbocycles. The summed E-state index contributed by atoms with van der Waals surface area (Å²) in [5.74, 6) is 0.547. The highest BCUT2D eigenvalue weighted by Crippen LogP contribution is 2.29. The number of tetrazole rings is 1. The Morgan fingerprint density at radius 2 is 1.85 bits per heavy atom. The lowest BCUT2D eigenvalue weighted by Gasteiger charge is -2.09. The second-order valence-electron chi connectivity index (χ2n) is 5.63. The number of rotatable bonds is 5. The molecule has 0 amide bonds. The van der Waals surface area contributed by atoms with Crippen LogP contribution in [0.3, 0.4) is 0 Å². The van der Waals surface area contributed by atoms with Gasteiger partial charge in [0.25, 0.3) is 0 Å². The summed E-state index contributed by atoms with van der Waals surface area (Å²) < 4.78 is 1.66. The third kappa shape index (κ3) is 3.00. The van der Waals surface area contributed by atoms with Gasteiger partial charge in [-0.3, -0.25) is 4.79 Å². The zero-order valence-corrected chi connectivity index (χ0v) is 14.3. The summed E-state index contributed by atoms with van der Waals surface area (Å²) in [6.45, 7) is 0.472. The van der Waals surface area contributed by atoms with E-state index in [-0.39, 0.29) is 0 Å². The predicted molar refractivity (Wildman–Crippen MR) is 96.8 cm³/mol. The Bertz CT molecular complexity index is 1040. The first-order chi connectivity index (χ1) is 12.8. The molecule has 7 nitrogen and oxygen atoms in total. The van der Waals surface area contributed by atoms with E-state index < -0.39 is 0 Å². The molecule has 0 unspecified atom stereocenters. The highest BCUT2D eigenvalue weighted by Gasteiger charge is 2.11. The molecule has 2 aromatic heterocycles. The number of aromatic amines is 1. The first-order valence-electron chi connectivity index (χ1n) is 7.84. The van der Waals surface area contributed by atoms with E-state index in [1.165, 1.54) is 6.20 Å². The second-order valence-corrected chi connectivity index (χ2v) is 5.97. The molecule has 26 heavy (non-hydrogen) atoms. The number of nitrogens with zero attached hydrogens (tertiary/aromatic N) is 5. The van der Waals surface area contributed by atoms with E-state index in [2.05, 4.69) is 25.6 Å². The van der Waals surface area contributed by atoms with Gasteiger partial charge in [0.05, 0.1) is 12.7 Å². The maximum absolute atomic E-state index is 11.1. The predicted octanol–water partition coefficient (Wildman–Crippen LogP) is 3.24. The third-order valence-electron chi connectivity index (χ3n) is 4.08. The van der Waals surface area contributed by atoms with Crippen molar-refractivity contribution in [2.45, 2.75) is 6.54 Å². The van der Waals surface area contributed by atoms with Crippen molar-refractivity contribution in [2.24, 2.45) is 0 Å². The molecule has 1 N–H and O–H groups in total. The highest BCUT2D eigenvalue weighted by molar-refractivity contribution is 6.28. The number of hydrogen-bond acceptors (Lipinski definition) is 5. The topological polar surface area (TPSA) is 89.4 Å². The van der Waals surface area contributed by atoms with Crippen LogP contribution in [0, 0.1) is 0 Å². The lowest BCUT2D eigenvalue weighted by molar-refractivity contribution is 0.111. The van der Waals surface area contributed by atoms with Gasteiger partial charge in [-0.15, -0.1) is 10.2 Å². The number of imidazole rings is 1. The summed E-state index contributed by atoms with van der Waals surface area (Å²) in [6, 6.07) is 15.9. The van der Waals surface area contributed by atoms with E-state index in [0.29, 0.717) is 23.3 Å². The van der Waals surface area contributed by atoms with Gasteiger partial charge in [0.2, 0.25) is 11.1 Å². The summed E-state index contributed by atoms with van der Waals surface area (Å²) in [4.78, 5) is 15.0. The van der Waals surface area contributed by atoms with Gasteiger partial charge in [0.1, 0.15) is 5.69 Å². The summed E-state index contributed by atoms with van der Waals surface area (Å²) in [5.41, 5.74) is 4.39. The minimum absolute atomic E-state index is 0.290. The molecular weight excluding hydrogens is 352 g/mol. The molecule has 0 fully saturated rings. The van der Waals surface area contributed by atoms with Crippen LogP contribution in [0.15, 0.2) is 54.7 Å². The largest absolute Gasteiger partial charge is 0.308 e. The fourth-order valence-corrected chi connectivity index (χ4v) is 3.00. The third-order valence-corrected chi connectivity index (χ3v) is 4.38. The molecule has 0 spiro atoms. The molecule has 0 radical (unpaired) electrons. The molecule has 8 heteroatoms. The van der Waals surface area contributed by atoms with Crippen LogP contribution in [-0.2, 0) is 6.54 Å². The van der Waals surface area contributed by atoms with Crippen molar-refractivity contribution < 1.29 is 4.79 Å². The molecule has 0 aliphatic heterocycles. The highest BCUT2D eigenvalue weighted by atomic mass is 35.5. The molecular formula is C18H13ClN6O. The van der Waals surface area contributed by atoms with Crippen LogP contribution in [0.2, 0.25) is 5.28 Å². The number of carbonyl (C=O) groups is 1. The first-order valence-corrected chi connectivity index (χ1v) is 8.22. The van der Waals surface area contributed by atoms with Crippen molar-refractivity contribution in [3.8, 4) is 22.5 Å². The molecule has 4 aromatic rings. The average Bonchev–Trinajstić information content (AvgIpc) is 3.33. The molecule has 2 heterocycles. The minimum atomic E-state index is 0.290. The number of halogens is 1. The lowest BCUT2D eigenvalue weighted by Crippen LogP contribution is -2.03. The molecule has 128 valence electrons. The smallest absolute Gasteiger partial charge is 0.205 e. The number of hydrogen-bond donors (Lipinski definition) is 1. The molecule has 0 bridgehead atoms. The van der Waals surface area contributed by atoms with Crippen molar-refractivity contribution in [1.82, 2.24) is 30.2 Å². The number of H-pyrrole nitrogens is 1. The summed E-state index contributed by atoms with van der Waals surface area (Å²) >= 11 is 6.05. The second kappa shape index (κ2) is 6.89. The minimum Gasteiger partial charge on any atom is -0.308 e. The van der Waals surface area contributed by atoms with Crippen LogP contribution in [-0.4, -0.2) is 36.5 Å². The Balaban J connectivity index is 1.65. The molecule has 4 rings (SSSR count). The maximum Gasteiger partial charge on any atom is 0.205 e. The molecule has 0 aliphatic carbocycles. The Kier molecular flexibility index (Phi) is 4.28. The van der Waals surface area contributed by atoms with Crippen LogP contribution in [0.1, 0.15) is 16.1 Å². The van der Waals surface area contributed by atoms with E-state index in [4.69, 9.17) is 11.6 Å². The number of nitrogens with one attached hydrogen (secondary N) is 1. The van der Waals surface area contributed by atoms with Gasteiger partial charge in [0, 0.05) is 5.56 Å². The van der Waals surface area contributed by atoms with Crippen molar-refractivity contribution >= 4 is 17.9 Å². The summed E-state index contributed by atoms with van der Waals surface area (Å²) in [5, 5.41) is 14.5. The quantitative estimate of drug-likeness (QED) is 0.549. The average molecular weight is 365 g/mol. The van der Waals surface area contributed by atoms with Crippen molar-refractivity contribution in [2.75, 3.05) is 0 Å². The van der Waals surface area contributed by atoms with Gasteiger partial charge >= 0.3 is 0 Å². The monoisotopic (exact) mass is 364 g/mol. The van der Waals surface area contributed by atoms with Gasteiger partial charge in [0.15, 0.2) is 6.29 Å². The zero-order chi connectivity index (χ0) is 17.9. The van der Waals surface area contributed by atoms with Crippen LogP contribution in [0.4, 0.5) is 0 Å². The molecule has 0 aliphatic rings. The van der Waals surface area contributed by atoms with E-state index >= 15 is 0 Å². The van der Waals surface area contributed by atoms with Crippen LogP contribution in [0.25, 0.3) is 22.5 Å². The van der Waals surface area contributed by atoms with Gasteiger partial charge < -0.3 is 4.57 Å². The standard InChI is InChI=1S/C18H13ClN6O/c19-18-20-9-14(11-26)25(18)10-12-5-7-13(8-6-12)15-3-1-2-4-16(15)17-21-23-24-22-17/h1-9,11H,10H2,(H,21,22,23,24). The first kappa shape index (κ1) is 16.2. The zero-order valence-electron chi connectivity index (χ0n) is 13.5. The van der Waals surface area contributed by atoms with Gasteiger partial charge in [-0.1, -0.05) is 48.5 Å². The van der Waals surface area contributed by atoms with Gasteiger partial charge in [-0.25, -0.2) is 4.98 Å². The Hall–Kier alpha value is -3.32. The van der Waals surface area contributed by atoms with Crippen LogP contribution in [0.5, 0.6) is 0 Å². The Labute approximate surface area is 153 Å². The van der Waals surface area contributed by atoms with E-state index in [0.717, 1.165) is 28.5 Å². The normalized spacial score (nSPS) is 10.8. The van der Waals surface area contributed by atoms with E-state index in [9.17, 15) is 4.79 Å². The number of aldehydes is 1. The van der Waals surface area contributed by atoms with Crippen molar-refractivity contribution in [1.29, 1.82) is 0 Å². The SMILES string of the molecule is O=Cc1cnc(Cl)n1Cc1ccc(-c2ccccc2-c2nn[nH]n2)cc1. The van der Waals surface area contributed by atoms with Crippen molar-refractivity contribution in [3.63, 3.8) is 0 Å². The summed E-state index contributed by atoms with van der Waals surface area (Å²) in [6.07, 6.45) is 2.21. The summed E-state index contributed by atoms with van der Waals surface area (Å²) in [7, 11) is 0. The fraction of sp³-hybridized carbons (Fsp3) is 0.0556. The fourth-order valence-electron chi connectivity index (χ4n) is 2.79. The number of aromatic nitrogens is 6. The molecule has 0 atom stereocenters. The van der Waals surface area contributed by atoms with Crippen LogP contribution < -0.4 is 0 Å². The van der Waals surface area contributed by atoms with Crippen LogP contribution >= 0.6 is 11.6 Å². The molecule has 0 saturated carbocycles. The Morgan fingerprint density at radius 3 is 2.54 bits per heavy atom. The van der Waals surface area contributed by atoms with E-state index in [1.807, 2.05) is 48.5 Å². The number of carbonyl (C=O) groups excluding carboxylic acids is 1. The Morgan fingerprint density at radius 1 is 1.08 bits per heavy atom. The maximum atomic E-state index is 11.1. The van der Waals surface area contributed by atoms with Gasteiger partial charge in [-0.05, 0) is 33.5 Å². The van der Waals surface area contributed by atoms with Gasteiger partial charge in [-0.2, -0.15) is 5.21 Å². The van der Waals surface area contributed by atoms with Crippen molar-refractivity contribution in [3.05, 3.63) is 71.3 Å². The lowest BCUT2D eigenvalue weighted by atomic mass is 9.98. The number of benzene rings is 2. The molecule has 0 saturated heterocycles. The van der Waals surface area contributed by atoms with E-state index in [1.54, 1.807) is 4.57 Å².